The number of carbonyl (C=O) groups is 2. The average Bonchev–Trinajstić information content (AvgIpc) is 3.54. The summed E-state index contributed by atoms with van der Waals surface area (Å²) in [5, 5.41) is 0. The Morgan fingerprint density at radius 2 is 1.54 bits per heavy atom. The van der Waals surface area contributed by atoms with E-state index in [2.05, 4.69) is 75.9 Å². The second kappa shape index (κ2) is 9.77. The molecular formula is C32H39N5O2. The van der Waals surface area contributed by atoms with E-state index in [1.165, 1.54) is 36.8 Å². The first-order valence-electron chi connectivity index (χ1n) is 14.7. The third kappa shape index (κ3) is 4.35. The highest BCUT2D eigenvalue weighted by molar-refractivity contribution is 5.84. The summed E-state index contributed by atoms with van der Waals surface area (Å²) in [5.74, 6) is 2.18. The zero-order valence-corrected chi connectivity index (χ0v) is 23.1. The Labute approximate surface area is 230 Å². The van der Waals surface area contributed by atoms with Gasteiger partial charge in [0.1, 0.15) is 5.82 Å². The van der Waals surface area contributed by atoms with E-state index in [4.69, 9.17) is 4.98 Å². The van der Waals surface area contributed by atoms with Crippen LogP contribution in [0.25, 0.3) is 11.0 Å². The molecule has 7 rings (SSSR count). The molecule has 0 radical (unpaired) electrons. The monoisotopic (exact) mass is 525 g/mol. The molecule has 2 amide bonds. The van der Waals surface area contributed by atoms with Crippen molar-refractivity contribution in [3.63, 3.8) is 0 Å². The van der Waals surface area contributed by atoms with Crippen molar-refractivity contribution < 1.29 is 9.59 Å². The molecule has 0 N–H and O–H groups in total. The van der Waals surface area contributed by atoms with Gasteiger partial charge in [-0.1, -0.05) is 42.5 Å². The molecule has 4 aliphatic rings. The minimum atomic E-state index is -0.0377. The third-order valence-corrected chi connectivity index (χ3v) is 10.1. The Morgan fingerprint density at radius 1 is 0.846 bits per heavy atom. The summed E-state index contributed by atoms with van der Waals surface area (Å²) < 4.78 is 2.50. The van der Waals surface area contributed by atoms with Gasteiger partial charge in [0, 0.05) is 63.7 Å². The van der Waals surface area contributed by atoms with Gasteiger partial charge in [-0.3, -0.25) is 14.5 Å². The van der Waals surface area contributed by atoms with Gasteiger partial charge in [-0.25, -0.2) is 4.98 Å². The summed E-state index contributed by atoms with van der Waals surface area (Å²) >= 11 is 0. The Bertz CT molecular complexity index is 1370. The number of hydrogen-bond acceptors (Lipinski definition) is 4. The molecule has 1 unspecified atom stereocenters. The highest BCUT2D eigenvalue weighted by Gasteiger charge is 2.47. The van der Waals surface area contributed by atoms with E-state index in [0.717, 1.165) is 31.0 Å². The number of benzene rings is 2. The lowest BCUT2D eigenvalue weighted by Gasteiger charge is -2.42. The van der Waals surface area contributed by atoms with Crippen molar-refractivity contribution >= 4 is 22.8 Å². The molecule has 0 spiro atoms. The molecule has 3 aromatic rings. The number of piperidine rings is 1. The van der Waals surface area contributed by atoms with Crippen LogP contribution < -0.4 is 0 Å². The van der Waals surface area contributed by atoms with E-state index in [1.54, 1.807) is 11.8 Å². The number of imidazole rings is 1. The van der Waals surface area contributed by atoms with Crippen LogP contribution in [0.5, 0.6) is 0 Å². The minimum Gasteiger partial charge on any atom is -0.341 e. The molecule has 5 heterocycles. The topological polar surface area (TPSA) is 61.7 Å². The number of aromatic nitrogens is 2. The Kier molecular flexibility index (Phi) is 6.22. The van der Waals surface area contributed by atoms with Crippen molar-refractivity contribution in [1.82, 2.24) is 24.3 Å². The van der Waals surface area contributed by atoms with Gasteiger partial charge in [0.05, 0.1) is 17.0 Å². The van der Waals surface area contributed by atoms with E-state index in [9.17, 15) is 9.59 Å². The van der Waals surface area contributed by atoms with Crippen molar-refractivity contribution in [3.05, 3.63) is 66.0 Å². The molecule has 7 heteroatoms. The van der Waals surface area contributed by atoms with Crippen LogP contribution in [0.3, 0.4) is 0 Å². The van der Waals surface area contributed by atoms with E-state index >= 15 is 0 Å². The largest absolute Gasteiger partial charge is 0.341 e. The maximum absolute atomic E-state index is 13.4. The first-order valence-corrected chi connectivity index (χ1v) is 14.7. The maximum atomic E-state index is 13.4. The number of fused-ring (bicyclic) bond motifs is 3. The smallest absolute Gasteiger partial charge is 0.229 e. The van der Waals surface area contributed by atoms with E-state index in [0.29, 0.717) is 43.1 Å². The van der Waals surface area contributed by atoms with Crippen LogP contribution in [0.2, 0.25) is 0 Å². The van der Waals surface area contributed by atoms with Crippen molar-refractivity contribution in [3.8, 4) is 0 Å². The van der Waals surface area contributed by atoms with Gasteiger partial charge in [0.2, 0.25) is 11.8 Å². The van der Waals surface area contributed by atoms with Gasteiger partial charge in [0.25, 0.3) is 0 Å². The molecule has 1 aromatic heterocycles. The lowest BCUT2D eigenvalue weighted by molar-refractivity contribution is -0.146. The summed E-state index contributed by atoms with van der Waals surface area (Å²) in [5.41, 5.74) is 3.71. The van der Waals surface area contributed by atoms with Crippen LogP contribution in [-0.4, -0.2) is 80.9 Å². The summed E-state index contributed by atoms with van der Waals surface area (Å²) in [7, 11) is 0. The Morgan fingerprint density at radius 3 is 2.26 bits per heavy atom. The third-order valence-electron chi connectivity index (χ3n) is 10.1. The van der Waals surface area contributed by atoms with Gasteiger partial charge < -0.3 is 14.4 Å². The van der Waals surface area contributed by atoms with Crippen molar-refractivity contribution in [2.24, 2.45) is 11.8 Å². The SMILES string of the molecule is CC(=O)N1CC(C(=O)N2C[C@H](CN3[C@@H]4CC[C@H]3CC(n3c(C)nc5ccccc53)C4)[C@@H](c3ccccc3)C2)C1. The normalized spacial score (nSPS) is 29.2. The van der Waals surface area contributed by atoms with Crippen molar-refractivity contribution in [1.29, 1.82) is 0 Å². The van der Waals surface area contributed by atoms with Gasteiger partial charge in [-0.15, -0.1) is 0 Å². The number of hydrogen-bond donors (Lipinski definition) is 0. The van der Waals surface area contributed by atoms with E-state index in [-0.39, 0.29) is 17.7 Å². The molecular weight excluding hydrogens is 486 g/mol. The number of aryl methyl sites for hydroxylation is 1. The molecule has 4 aliphatic heterocycles. The van der Waals surface area contributed by atoms with Crippen LogP contribution in [0, 0.1) is 18.8 Å². The van der Waals surface area contributed by atoms with Gasteiger partial charge >= 0.3 is 0 Å². The zero-order chi connectivity index (χ0) is 26.7. The van der Waals surface area contributed by atoms with Crippen LogP contribution >= 0.6 is 0 Å². The second-order valence-electron chi connectivity index (χ2n) is 12.4. The van der Waals surface area contributed by atoms with Crippen LogP contribution in [0.4, 0.5) is 0 Å². The fraction of sp³-hybridized carbons (Fsp3) is 0.531. The Hall–Kier alpha value is -3.19. The van der Waals surface area contributed by atoms with Crippen LogP contribution in [0.15, 0.2) is 54.6 Å². The van der Waals surface area contributed by atoms with Crippen LogP contribution in [-0.2, 0) is 9.59 Å². The molecule has 5 atom stereocenters. The lowest BCUT2D eigenvalue weighted by Crippen LogP contribution is -2.55. The summed E-state index contributed by atoms with van der Waals surface area (Å²) in [6.07, 6.45) is 4.88. The van der Waals surface area contributed by atoms with E-state index in [1.807, 2.05) is 0 Å². The minimum absolute atomic E-state index is 0.0377. The quantitative estimate of drug-likeness (QED) is 0.500. The fourth-order valence-corrected chi connectivity index (χ4v) is 8.12. The molecule has 204 valence electrons. The second-order valence-corrected chi connectivity index (χ2v) is 12.4. The number of rotatable bonds is 5. The molecule has 39 heavy (non-hydrogen) atoms. The van der Waals surface area contributed by atoms with Crippen molar-refractivity contribution in [2.75, 3.05) is 32.7 Å². The molecule has 7 nitrogen and oxygen atoms in total. The van der Waals surface area contributed by atoms with Crippen LogP contribution in [0.1, 0.15) is 56.0 Å². The summed E-state index contributed by atoms with van der Waals surface area (Å²) in [4.78, 5) is 36.6. The summed E-state index contributed by atoms with van der Waals surface area (Å²) in [6, 6.07) is 21.0. The fourth-order valence-electron chi connectivity index (χ4n) is 8.12. The predicted molar refractivity (Wildman–Crippen MR) is 151 cm³/mol. The summed E-state index contributed by atoms with van der Waals surface area (Å²) in [6.45, 7) is 7.55. The predicted octanol–water partition coefficient (Wildman–Crippen LogP) is 4.23. The molecule has 2 bridgehead atoms. The molecule has 4 saturated heterocycles. The highest BCUT2D eigenvalue weighted by atomic mass is 16.2. The number of nitrogens with zero attached hydrogens (tertiary/aromatic N) is 5. The Balaban J connectivity index is 1.08. The van der Waals surface area contributed by atoms with Crippen molar-refractivity contribution in [2.45, 2.75) is 63.6 Å². The molecule has 2 aromatic carbocycles. The van der Waals surface area contributed by atoms with E-state index < -0.39 is 0 Å². The first-order chi connectivity index (χ1) is 19.0. The lowest BCUT2D eigenvalue weighted by atomic mass is 9.87. The average molecular weight is 526 g/mol. The number of amides is 2. The zero-order valence-electron chi connectivity index (χ0n) is 23.1. The van der Waals surface area contributed by atoms with Gasteiger partial charge in [0.15, 0.2) is 0 Å². The van der Waals surface area contributed by atoms with Gasteiger partial charge in [-0.05, 0) is 56.2 Å². The standard InChI is InChI=1S/C32H39N5O2/c1-21-33-30-10-6-7-11-31(30)37(21)28-14-26-12-13-27(15-28)36(26)19-24-16-35(20-29(24)23-8-4-3-5-9-23)32(39)25-17-34(18-25)22(2)38/h3-11,24-29H,12-20H2,1-2H3/t24-,26-,27+,28?,29-/m1/s1. The first kappa shape index (κ1) is 24.8. The highest BCUT2D eigenvalue weighted by Crippen LogP contribution is 2.44. The number of carbonyl (C=O) groups excluding carboxylic acids is 2. The molecule has 0 aliphatic carbocycles. The maximum Gasteiger partial charge on any atom is 0.229 e. The molecule has 4 fully saturated rings. The van der Waals surface area contributed by atoms with Gasteiger partial charge in [-0.2, -0.15) is 0 Å². The number of para-hydroxylation sites is 2. The molecule has 0 saturated carbocycles. The number of likely N-dealkylation sites (tertiary alicyclic amines) is 2.